The second-order valence-corrected chi connectivity index (χ2v) is 4.55. The largest absolute Gasteiger partial charge is 0.391 e. The average molecular weight is 183 g/mol. The van der Waals surface area contributed by atoms with E-state index in [0.29, 0.717) is 12.5 Å². The average Bonchev–Trinajstić information content (AvgIpc) is 2.67. The minimum Gasteiger partial charge on any atom is -0.391 e. The number of hydrogen-bond acceptors (Lipinski definition) is 2. The Hall–Kier alpha value is -0.570. The van der Waals surface area contributed by atoms with Crippen molar-refractivity contribution in [3.63, 3.8) is 0 Å². The zero-order valence-electron chi connectivity index (χ0n) is 8.23. The predicted octanol–water partition coefficient (Wildman–Crippen LogP) is 0.624. The molecule has 0 spiro atoms. The highest BCUT2D eigenvalue weighted by Gasteiger charge is 2.44. The SMILES string of the molecule is CC1CC(O)CN1C(=O)[C@@H]1C[C@H]1C. The number of hydrogen-bond donors (Lipinski definition) is 1. The van der Waals surface area contributed by atoms with Crippen LogP contribution in [0, 0.1) is 11.8 Å². The van der Waals surface area contributed by atoms with Crippen molar-refractivity contribution in [3.05, 3.63) is 0 Å². The van der Waals surface area contributed by atoms with Crippen LogP contribution in [0.2, 0.25) is 0 Å². The summed E-state index contributed by atoms with van der Waals surface area (Å²) < 4.78 is 0. The Morgan fingerprint density at radius 3 is 2.38 bits per heavy atom. The number of amides is 1. The highest BCUT2D eigenvalue weighted by molar-refractivity contribution is 5.82. The van der Waals surface area contributed by atoms with Gasteiger partial charge in [-0.1, -0.05) is 6.92 Å². The molecule has 2 unspecified atom stereocenters. The van der Waals surface area contributed by atoms with Gasteiger partial charge in [-0.2, -0.15) is 0 Å². The van der Waals surface area contributed by atoms with Gasteiger partial charge in [0.15, 0.2) is 0 Å². The number of β-amino-alcohol motifs (C(OH)–C–C–N with tert-alkyl or cyclic N) is 1. The minimum absolute atomic E-state index is 0.232. The van der Waals surface area contributed by atoms with E-state index >= 15 is 0 Å². The van der Waals surface area contributed by atoms with Crippen LogP contribution < -0.4 is 0 Å². The van der Waals surface area contributed by atoms with Crippen molar-refractivity contribution in [1.29, 1.82) is 0 Å². The van der Waals surface area contributed by atoms with Gasteiger partial charge in [0.25, 0.3) is 0 Å². The van der Waals surface area contributed by atoms with Crippen LogP contribution in [0.15, 0.2) is 0 Å². The summed E-state index contributed by atoms with van der Waals surface area (Å²) in [6.07, 6.45) is 1.48. The lowest BCUT2D eigenvalue weighted by atomic mass is 10.2. The monoisotopic (exact) mass is 183 g/mol. The molecule has 1 aliphatic carbocycles. The number of carbonyl (C=O) groups is 1. The van der Waals surface area contributed by atoms with Crippen LogP contribution in [0.3, 0.4) is 0 Å². The summed E-state index contributed by atoms with van der Waals surface area (Å²) in [6, 6.07) is 0.232. The maximum atomic E-state index is 11.8. The molecule has 1 saturated carbocycles. The number of rotatable bonds is 1. The van der Waals surface area contributed by atoms with Crippen molar-refractivity contribution in [2.75, 3.05) is 6.54 Å². The van der Waals surface area contributed by atoms with Crippen molar-refractivity contribution in [1.82, 2.24) is 4.90 Å². The van der Waals surface area contributed by atoms with Gasteiger partial charge in [-0.25, -0.2) is 0 Å². The van der Waals surface area contributed by atoms with Crippen LogP contribution in [0.25, 0.3) is 0 Å². The van der Waals surface area contributed by atoms with Crippen LogP contribution >= 0.6 is 0 Å². The Morgan fingerprint density at radius 1 is 1.38 bits per heavy atom. The minimum atomic E-state index is -0.298. The zero-order valence-corrected chi connectivity index (χ0v) is 8.23. The van der Waals surface area contributed by atoms with Crippen molar-refractivity contribution in [2.45, 2.75) is 38.8 Å². The Balaban J connectivity index is 1.97. The van der Waals surface area contributed by atoms with E-state index in [4.69, 9.17) is 0 Å². The third-order valence-corrected chi connectivity index (χ3v) is 3.26. The number of likely N-dealkylation sites (tertiary alicyclic amines) is 1. The fourth-order valence-electron chi connectivity index (χ4n) is 2.19. The number of aliphatic hydroxyl groups excluding tert-OH is 1. The molecule has 2 aliphatic rings. The van der Waals surface area contributed by atoms with E-state index < -0.39 is 0 Å². The summed E-state index contributed by atoms with van der Waals surface area (Å²) >= 11 is 0. The first-order chi connectivity index (χ1) is 6.09. The molecule has 0 bridgehead atoms. The van der Waals surface area contributed by atoms with Gasteiger partial charge in [0.05, 0.1) is 6.10 Å². The second-order valence-electron chi connectivity index (χ2n) is 4.55. The Labute approximate surface area is 78.7 Å². The molecule has 1 N–H and O–H groups in total. The molecule has 1 saturated heterocycles. The summed E-state index contributed by atoms with van der Waals surface area (Å²) in [5.74, 6) is 1.08. The molecule has 74 valence electrons. The highest BCUT2D eigenvalue weighted by Crippen LogP contribution is 2.40. The van der Waals surface area contributed by atoms with Gasteiger partial charge in [0, 0.05) is 18.5 Å². The second kappa shape index (κ2) is 2.98. The van der Waals surface area contributed by atoms with E-state index in [9.17, 15) is 9.90 Å². The van der Waals surface area contributed by atoms with E-state index in [1.165, 1.54) is 0 Å². The first kappa shape index (κ1) is 9.00. The molecule has 1 amide bonds. The highest BCUT2D eigenvalue weighted by atomic mass is 16.3. The molecule has 4 atom stereocenters. The van der Waals surface area contributed by atoms with Crippen LogP contribution in [0.4, 0.5) is 0 Å². The molecule has 13 heavy (non-hydrogen) atoms. The third-order valence-electron chi connectivity index (χ3n) is 3.26. The molecule has 0 radical (unpaired) electrons. The van der Waals surface area contributed by atoms with E-state index in [2.05, 4.69) is 6.92 Å². The van der Waals surface area contributed by atoms with Gasteiger partial charge in [0.1, 0.15) is 0 Å². The smallest absolute Gasteiger partial charge is 0.226 e. The van der Waals surface area contributed by atoms with Crippen molar-refractivity contribution < 1.29 is 9.90 Å². The van der Waals surface area contributed by atoms with Gasteiger partial charge in [-0.05, 0) is 25.7 Å². The van der Waals surface area contributed by atoms with Gasteiger partial charge in [-0.3, -0.25) is 4.79 Å². The van der Waals surface area contributed by atoms with Crippen molar-refractivity contribution in [3.8, 4) is 0 Å². The van der Waals surface area contributed by atoms with E-state index in [-0.39, 0.29) is 24.0 Å². The number of aliphatic hydroxyl groups is 1. The molecular formula is C10H17NO2. The molecule has 1 aliphatic heterocycles. The zero-order chi connectivity index (χ0) is 9.59. The lowest BCUT2D eigenvalue weighted by Crippen LogP contribution is -2.35. The summed E-state index contributed by atoms with van der Waals surface area (Å²) in [7, 11) is 0. The molecule has 1 heterocycles. The molecule has 0 aromatic carbocycles. The Kier molecular flexibility index (Phi) is 2.06. The first-order valence-corrected chi connectivity index (χ1v) is 5.08. The summed E-state index contributed by atoms with van der Waals surface area (Å²) in [5.41, 5.74) is 0. The van der Waals surface area contributed by atoms with Crippen LogP contribution in [-0.2, 0) is 4.79 Å². The maximum absolute atomic E-state index is 11.8. The van der Waals surface area contributed by atoms with Gasteiger partial charge in [0.2, 0.25) is 5.91 Å². The standard InChI is InChI=1S/C10H17NO2/c1-6-3-9(6)10(13)11-5-8(12)4-7(11)2/h6-9,12H,3-5H2,1-2H3/t6-,7?,8?,9-/m1/s1. The van der Waals surface area contributed by atoms with Crippen molar-refractivity contribution >= 4 is 5.91 Å². The molecular weight excluding hydrogens is 166 g/mol. The van der Waals surface area contributed by atoms with Gasteiger partial charge < -0.3 is 10.0 Å². The van der Waals surface area contributed by atoms with Gasteiger partial charge in [-0.15, -0.1) is 0 Å². The summed E-state index contributed by atoms with van der Waals surface area (Å²) in [4.78, 5) is 13.6. The van der Waals surface area contributed by atoms with E-state index in [1.54, 1.807) is 0 Å². The van der Waals surface area contributed by atoms with Crippen LogP contribution in [0.5, 0.6) is 0 Å². The number of carbonyl (C=O) groups excluding carboxylic acids is 1. The van der Waals surface area contributed by atoms with Crippen molar-refractivity contribution in [2.24, 2.45) is 11.8 Å². The van der Waals surface area contributed by atoms with Crippen LogP contribution in [0.1, 0.15) is 26.7 Å². The molecule has 2 rings (SSSR count). The maximum Gasteiger partial charge on any atom is 0.226 e. The summed E-state index contributed by atoms with van der Waals surface area (Å²) in [5, 5.41) is 9.39. The summed E-state index contributed by atoms with van der Waals surface area (Å²) in [6.45, 7) is 4.67. The number of nitrogens with zero attached hydrogens (tertiary/aromatic N) is 1. The molecule has 3 heteroatoms. The van der Waals surface area contributed by atoms with Gasteiger partial charge >= 0.3 is 0 Å². The Bertz CT molecular complexity index is 229. The predicted molar refractivity (Wildman–Crippen MR) is 49.1 cm³/mol. The first-order valence-electron chi connectivity index (χ1n) is 5.08. The molecule has 0 aromatic heterocycles. The topological polar surface area (TPSA) is 40.5 Å². The molecule has 3 nitrogen and oxygen atoms in total. The van der Waals surface area contributed by atoms with E-state index in [0.717, 1.165) is 12.8 Å². The third kappa shape index (κ3) is 1.57. The quantitative estimate of drug-likeness (QED) is 0.647. The molecule has 0 aromatic rings. The van der Waals surface area contributed by atoms with Crippen LogP contribution in [-0.4, -0.2) is 34.6 Å². The lowest BCUT2D eigenvalue weighted by Gasteiger charge is -2.21. The lowest BCUT2D eigenvalue weighted by molar-refractivity contribution is -0.133. The normalized spacial score (nSPS) is 43.8. The Morgan fingerprint density at radius 2 is 2.00 bits per heavy atom. The fourth-order valence-corrected chi connectivity index (χ4v) is 2.19. The van der Waals surface area contributed by atoms with E-state index in [1.807, 2.05) is 11.8 Å². The fraction of sp³-hybridized carbons (Fsp3) is 0.900. The molecule has 2 fully saturated rings.